The number of nitrogens with zero attached hydrogens (tertiary/aromatic N) is 3. The Balaban J connectivity index is 2.29. The van der Waals surface area contributed by atoms with Crippen LogP contribution < -0.4 is 9.64 Å². The zero-order valence-electron chi connectivity index (χ0n) is 9.91. The predicted molar refractivity (Wildman–Crippen MR) is 63.0 cm³/mol. The molecule has 0 saturated carbocycles. The Morgan fingerprint density at radius 1 is 1.72 bits per heavy atom. The molecular formula is C12H13N3O3. The van der Waals surface area contributed by atoms with E-state index < -0.39 is 6.23 Å². The van der Waals surface area contributed by atoms with Crippen LogP contribution in [-0.4, -0.2) is 36.3 Å². The summed E-state index contributed by atoms with van der Waals surface area (Å²) >= 11 is 0. The fraction of sp³-hybridized carbons (Fsp3) is 0.417. The molecule has 1 N–H and O–H groups in total. The number of hydrogen-bond donors (Lipinski definition) is 1. The van der Waals surface area contributed by atoms with Crippen molar-refractivity contribution in [2.24, 2.45) is 5.92 Å². The number of aliphatic hydroxyl groups excluding tert-OH is 1. The van der Waals surface area contributed by atoms with Crippen LogP contribution in [0.15, 0.2) is 12.3 Å². The SMILES string of the molecule is COc1cc(N2CC(C=O)CC2O)ncc1C#N. The number of hydrogen-bond acceptors (Lipinski definition) is 6. The Bertz CT molecular complexity index is 498. The monoisotopic (exact) mass is 247 g/mol. The zero-order chi connectivity index (χ0) is 13.1. The van der Waals surface area contributed by atoms with E-state index in [1.807, 2.05) is 6.07 Å². The van der Waals surface area contributed by atoms with Crippen LogP contribution in [0.3, 0.4) is 0 Å². The highest BCUT2D eigenvalue weighted by Gasteiger charge is 2.31. The zero-order valence-corrected chi connectivity index (χ0v) is 9.91. The lowest BCUT2D eigenvalue weighted by Crippen LogP contribution is -2.29. The summed E-state index contributed by atoms with van der Waals surface area (Å²) < 4.78 is 5.08. The number of carbonyl (C=O) groups excluding carboxylic acids is 1. The fourth-order valence-electron chi connectivity index (χ4n) is 2.03. The van der Waals surface area contributed by atoms with Crippen LogP contribution in [0, 0.1) is 17.2 Å². The highest BCUT2D eigenvalue weighted by atomic mass is 16.5. The number of aldehydes is 1. The molecule has 1 aliphatic heterocycles. The number of anilines is 1. The summed E-state index contributed by atoms with van der Waals surface area (Å²) in [5, 5.41) is 18.7. The van der Waals surface area contributed by atoms with E-state index in [2.05, 4.69) is 4.98 Å². The maximum Gasteiger partial charge on any atom is 0.141 e. The first-order valence-electron chi connectivity index (χ1n) is 5.53. The van der Waals surface area contributed by atoms with E-state index in [-0.39, 0.29) is 5.92 Å². The number of aliphatic hydroxyl groups is 1. The summed E-state index contributed by atoms with van der Waals surface area (Å²) in [7, 11) is 1.47. The summed E-state index contributed by atoms with van der Waals surface area (Å²) in [6, 6.07) is 3.56. The quantitative estimate of drug-likeness (QED) is 0.773. The van der Waals surface area contributed by atoms with Gasteiger partial charge in [0.05, 0.1) is 13.3 Å². The third kappa shape index (κ3) is 2.13. The van der Waals surface area contributed by atoms with Crippen LogP contribution in [0.2, 0.25) is 0 Å². The lowest BCUT2D eigenvalue weighted by molar-refractivity contribution is -0.110. The Kier molecular flexibility index (Phi) is 3.44. The van der Waals surface area contributed by atoms with Gasteiger partial charge >= 0.3 is 0 Å². The molecule has 94 valence electrons. The first-order chi connectivity index (χ1) is 8.69. The normalized spacial score (nSPS) is 22.6. The van der Waals surface area contributed by atoms with Crippen molar-refractivity contribution in [2.75, 3.05) is 18.6 Å². The van der Waals surface area contributed by atoms with Crippen LogP contribution in [0.4, 0.5) is 5.82 Å². The fourth-order valence-corrected chi connectivity index (χ4v) is 2.03. The van der Waals surface area contributed by atoms with E-state index in [0.29, 0.717) is 30.1 Å². The van der Waals surface area contributed by atoms with Gasteiger partial charge in [-0.15, -0.1) is 0 Å². The van der Waals surface area contributed by atoms with Crippen LogP contribution >= 0.6 is 0 Å². The molecule has 18 heavy (non-hydrogen) atoms. The molecule has 2 rings (SSSR count). The Morgan fingerprint density at radius 2 is 2.50 bits per heavy atom. The van der Waals surface area contributed by atoms with Crippen molar-refractivity contribution >= 4 is 12.1 Å². The van der Waals surface area contributed by atoms with Crippen molar-refractivity contribution in [3.63, 3.8) is 0 Å². The molecule has 0 aromatic carbocycles. The minimum atomic E-state index is -0.731. The number of pyridine rings is 1. The Hall–Kier alpha value is -2.13. The molecule has 2 unspecified atom stereocenters. The molecule has 6 heteroatoms. The lowest BCUT2D eigenvalue weighted by Gasteiger charge is -2.21. The van der Waals surface area contributed by atoms with Crippen molar-refractivity contribution in [3.8, 4) is 11.8 Å². The molecule has 2 heterocycles. The second-order valence-corrected chi connectivity index (χ2v) is 4.12. The largest absolute Gasteiger partial charge is 0.495 e. The first kappa shape index (κ1) is 12.3. The molecule has 0 aliphatic carbocycles. The third-order valence-corrected chi connectivity index (χ3v) is 2.98. The maximum atomic E-state index is 10.7. The van der Waals surface area contributed by atoms with Crippen LogP contribution in [0.1, 0.15) is 12.0 Å². The van der Waals surface area contributed by atoms with E-state index in [4.69, 9.17) is 10.00 Å². The third-order valence-electron chi connectivity index (χ3n) is 2.98. The average molecular weight is 247 g/mol. The molecule has 1 fully saturated rings. The summed E-state index contributed by atoms with van der Waals surface area (Å²) in [6.07, 6.45) is 1.90. The van der Waals surface area contributed by atoms with Gasteiger partial charge in [0.2, 0.25) is 0 Å². The number of rotatable bonds is 3. The molecule has 0 spiro atoms. The Labute approximate surface area is 104 Å². The standard InChI is InChI=1S/C12H13N3O3/c1-18-10-3-11(14-5-9(10)4-13)15-6-8(7-16)2-12(15)17/h3,5,7-8,12,17H,2,6H2,1H3. The van der Waals surface area contributed by atoms with Crippen LogP contribution in [0.5, 0.6) is 5.75 Å². The van der Waals surface area contributed by atoms with E-state index in [9.17, 15) is 9.90 Å². The van der Waals surface area contributed by atoms with E-state index in [0.717, 1.165) is 6.29 Å². The number of ether oxygens (including phenoxy) is 1. The van der Waals surface area contributed by atoms with E-state index >= 15 is 0 Å². The molecule has 0 radical (unpaired) electrons. The molecule has 1 aromatic rings. The molecule has 1 saturated heterocycles. The molecule has 0 bridgehead atoms. The number of methoxy groups -OCH3 is 1. The van der Waals surface area contributed by atoms with Gasteiger partial charge in [-0.1, -0.05) is 0 Å². The highest BCUT2D eigenvalue weighted by molar-refractivity contribution is 5.59. The van der Waals surface area contributed by atoms with Crippen molar-refractivity contribution < 1.29 is 14.6 Å². The van der Waals surface area contributed by atoms with Crippen molar-refractivity contribution in [1.82, 2.24) is 4.98 Å². The van der Waals surface area contributed by atoms with Gasteiger partial charge in [0.15, 0.2) is 0 Å². The molecule has 2 atom stereocenters. The Morgan fingerprint density at radius 3 is 3.06 bits per heavy atom. The summed E-state index contributed by atoms with van der Waals surface area (Å²) in [5.74, 6) is 0.718. The number of carbonyl (C=O) groups is 1. The van der Waals surface area contributed by atoms with Crippen molar-refractivity contribution in [2.45, 2.75) is 12.6 Å². The van der Waals surface area contributed by atoms with Crippen molar-refractivity contribution in [1.29, 1.82) is 5.26 Å². The average Bonchev–Trinajstić information content (AvgIpc) is 2.79. The minimum absolute atomic E-state index is 0.191. The van der Waals surface area contributed by atoms with Gasteiger partial charge in [-0.05, 0) is 0 Å². The molecule has 0 amide bonds. The number of nitriles is 1. The van der Waals surface area contributed by atoms with Gasteiger partial charge in [-0.3, -0.25) is 0 Å². The second-order valence-electron chi connectivity index (χ2n) is 4.12. The molecule has 1 aromatic heterocycles. The first-order valence-corrected chi connectivity index (χ1v) is 5.53. The topological polar surface area (TPSA) is 86.4 Å². The number of aromatic nitrogens is 1. The summed E-state index contributed by atoms with van der Waals surface area (Å²) in [4.78, 5) is 16.5. The van der Waals surface area contributed by atoms with E-state index in [1.54, 1.807) is 11.0 Å². The highest BCUT2D eigenvalue weighted by Crippen LogP contribution is 2.29. The van der Waals surface area contributed by atoms with Crippen LogP contribution in [-0.2, 0) is 4.79 Å². The van der Waals surface area contributed by atoms with E-state index in [1.165, 1.54) is 13.3 Å². The molecule has 1 aliphatic rings. The maximum absolute atomic E-state index is 10.7. The van der Waals surface area contributed by atoms with Gasteiger partial charge in [0.25, 0.3) is 0 Å². The minimum Gasteiger partial charge on any atom is -0.495 e. The predicted octanol–water partition coefficient (Wildman–Crippen LogP) is 0.305. The summed E-state index contributed by atoms with van der Waals surface area (Å²) in [5.41, 5.74) is 0.335. The van der Waals surface area contributed by atoms with Gasteiger partial charge in [-0.2, -0.15) is 5.26 Å². The molecule has 6 nitrogen and oxygen atoms in total. The summed E-state index contributed by atoms with van der Waals surface area (Å²) in [6.45, 7) is 0.423. The van der Waals surface area contributed by atoms with Gasteiger partial charge in [0.1, 0.15) is 35.7 Å². The second kappa shape index (κ2) is 5.02. The van der Waals surface area contributed by atoms with Gasteiger partial charge < -0.3 is 19.5 Å². The molecular weight excluding hydrogens is 234 g/mol. The van der Waals surface area contributed by atoms with Crippen LogP contribution in [0.25, 0.3) is 0 Å². The van der Waals surface area contributed by atoms with Gasteiger partial charge in [0, 0.05) is 24.9 Å². The lowest BCUT2D eigenvalue weighted by atomic mass is 10.1. The van der Waals surface area contributed by atoms with Gasteiger partial charge in [-0.25, -0.2) is 4.98 Å². The smallest absolute Gasteiger partial charge is 0.141 e. The van der Waals surface area contributed by atoms with Crippen molar-refractivity contribution in [3.05, 3.63) is 17.8 Å².